The van der Waals surface area contributed by atoms with Crippen molar-refractivity contribution in [1.29, 1.82) is 0 Å². The molecule has 0 spiro atoms. The van der Waals surface area contributed by atoms with Crippen LogP contribution in [0, 0.1) is 0 Å². The molecular weight excluding hydrogens is 208 g/mol. The first-order valence-corrected chi connectivity index (χ1v) is 5.39. The lowest BCUT2D eigenvalue weighted by Gasteiger charge is -2.26. The summed E-state index contributed by atoms with van der Waals surface area (Å²) in [5.41, 5.74) is 11.1. The van der Waals surface area contributed by atoms with Crippen LogP contribution >= 0.6 is 0 Å². The molecular formula is C9H16N6O. The predicted molar refractivity (Wildman–Crippen MR) is 58.5 cm³/mol. The summed E-state index contributed by atoms with van der Waals surface area (Å²) in [7, 11) is 0. The molecule has 1 heterocycles. The van der Waals surface area contributed by atoms with E-state index in [1.54, 1.807) is 0 Å². The van der Waals surface area contributed by atoms with E-state index in [1.807, 2.05) is 0 Å². The third-order valence-corrected chi connectivity index (χ3v) is 2.82. The molecule has 16 heavy (non-hydrogen) atoms. The van der Waals surface area contributed by atoms with Gasteiger partial charge in [0.25, 0.3) is 5.91 Å². The maximum atomic E-state index is 11.7. The van der Waals surface area contributed by atoms with E-state index in [0.717, 1.165) is 25.7 Å². The highest BCUT2D eigenvalue weighted by Gasteiger charge is 2.21. The zero-order valence-corrected chi connectivity index (χ0v) is 8.94. The third-order valence-electron chi connectivity index (χ3n) is 2.82. The smallest absolute Gasteiger partial charge is 0.288 e. The largest absolute Gasteiger partial charge is 0.366 e. The van der Waals surface area contributed by atoms with E-state index in [9.17, 15) is 4.79 Å². The lowest BCUT2D eigenvalue weighted by Crippen LogP contribution is -2.40. The van der Waals surface area contributed by atoms with Gasteiger partial charge >= 0.3 is 0 Å². The Hall–Kier alpha value is -1.63. The SMILES string of the molecule is Nc1n[nH]c(C(=O)NC2CCC(N)CC2)n1. The Bertz CT molecular complexity index is 368. The molecule has 0 atom stereocenters. The van der Waals surface area contributed by atoms with Crippen LogP contribution in [0.4, 0.5) is 5.95 Å². The van der Waals surface area contributed by atoms with Crippen LogP contribution in [0.15, 0.2) is 0 Å². The number of nitrogens with one attached hydrogen (secondary N) is 2. The maximum absolute atomic E-state index is 11.7. The summed E-state index contributed by atoms with van der Waals surface area (Å²) in [4.78, 5) is 15.4. The third kappa shape index (κ3) is 2.48. The van der Waals surface area contributed by atoms with Crippen LogP contribution in [0.2, 0.25) is 0 Å². The van der Waals surface area contributed by atoms with Gasteiger partial charge in [0.1, 0.15) is 0 Å². The summed E-state index contributed by atoms with van der Waals surface area (Å²) >= 11 is 0. The molecule has 0 bridgehead atoms. The second-order valence-electron chi connectivity index (χ2n) is 4.13. The van der Waals surface area contributed by atoms with Gasteiger partial charge < -0.3 is 16.8 Å². The normalized spacial score (nSPS) is 25.3. The topological polar surface area (TPSA) is 123 Å². The van der Waals surface area contributed by atoms with Gasteiger partial charge in [0.15, 0.2) is 0 Å². The Morgan fingerprint density at radius 2 is 2.06 bits per heavy atom. The number of hydrogen-bond donors (Lipinski definition) is 4. The van der Waals surface area contributed by atoms with Gasteiger partial charge in [-0.1, -0.05) is 0 Å². The molecule has 0 radical (unpaired) electrons. The molecule has 1 amide bonds. The van der Waals surface area contributed by atoms with Gasteiger partial charge in [-0.05, 0) is 25.7 Å². The number of nitrogen functional groups attached to an aromatic ring is 1. The van der Waals surface area contributed by atoms with Crippen molar-refractivity contribution in [3.05, 3.63) is 5.82 Å². The Morgan fingerprint density at radius 3 is 2.62 bits per heavy atom. The van der Waals surface area contributed by atoms with Gasteiger partial charge in [0, 0.05) is 12.1 Å². The number of hydrogen-bond acceptors (Lipinski definition) is 5. The number of aromatic amines is 1. The fourth-order valence-corrected chi connectivity index (χ4v) is 1.89. The number of H-pyrrole nitrogens is 1. The molecule has 88 valence electrons. The van der Waals surface area contributed by atoms with Gasteiger partial charge in [-0.2, -0.15) is 4.98 Å². The van der Waals surface area contributed by atoms with Crippen LogP contribution in [0.3, 0.4) is 0 Å². The summed E-state index contributed by atoms with van der Waals surface area (Å²) in [5, 5.41) is 8.97. The average molecular weight is 224 g/mol. The Morgan fingerprint density at radius 1 is 1.38 bits per heavy atom. The molecule has 7 heteroatoms. The molecule has 0 aromatic carbocycles. The lowest BCUT2D eigenvalue weighted by molar-refractivity contribution is 0.0916. The van der Waals surface area contributed by atoms with E-state index in [-0.39, 0.29) is 29.8 Å². The molecule has 2 rings (SSSR count). The molecule has 1 aliphatic carbocycles. The highest BCUT2D eigenvalue weighted by molar-refractivity contribution is 5.90. The van der Waals surface area contributed by atoms with Crippen LogP contribution < -0.4 is 16.8 Å². The zero-order valence-electron chi connectivity index (χ0n) is 8.94. The Balaban J connectivity index is 1.88. The van der Waals surface area contributed by atoms with Gasteiger partial charge in [-0.25, -0.2) is 0 Å². The first kappa shape index (κ1) is 10.9. The van der Waals surface area contributed by atoms with Crippen molar-refractivity contribution >= 4 is 11.9 Å². The second kappa shape index (κ2) is 4.48. The fraction of sp³-hybridized carbons (Fsp3) is 0.667. The van der Waals surface area contributed by atoms with Crippen LogP contribution in [0.1, 0.15) is 36.3 Å². The standard InChI is InChI=1S/C9H16N6O/c10-5-1-3-6(4-2-5)12-8(16)7-13-9(11)15-14-7/h5-6H,1-4,10H2,(H,12,16)(H3,11,13,14,15). The van der Waals surface area contributed by atoms with E-state index in [2.05, 4.69) is 20.5 Å². The number of rotatable bonds is 2. The van der Waals surface area contributed by atoms with E-state index < -0.39 is 0 Å². The molecule has 1 fully saturated rings. The number of aromatic nitrogens is 3. The fourth-order valence-electron chi connectivity index (χ4n) is 1.89. The van der Waals surface area contributed by atoms with Crippen molar-refractivity contribution < 1.29 is 4.79 Å². The van der Waals surface area contributed by atoms with Crippen LogP contribution in [-0.2, 0) is 0 Å². The quantitative estimate of drug-likeness (QED) is 0.533. The number of amides is 1. The molecule has 6 N–H and O–H groups in total. The van der Waals surface area contributed by atoms with Crippen LogP contribution in [0.25, 0.3) is 0 Å². The summed E-state index contributed by atoms with van der Waals surface area (Å²) in [6.07, 6.45) is 3.72. The van der Waals surface area contributed by atoms with Crippen molar-refractivity contribution in [2.45, 2.75) is 37.8 Å². The monoisotopic (exact) mass is 224 g/mol. The predicted octanol–water partition coefficient (Wildman–Crippen LogP) is -0.613. The Kier molecular flexibility index (Phi) is 3.04. The molecule has 0 saturated heterocycles. The van der Waals surface area contributed by atoms with Gasteiger partial charge in [-0.15, -0.1) is 5.10 Å². The number of anilines is 1. The van der Waals surface area contributed by atoms with E-state index in [0.29, 0.717) is 0 Å². The van der Waals surface area contributed by atoms with Crippen molar-refractivity contribution in [3.8, 4) is 0 Å². The molecule has 1 aliphatic rings. The highest BCUT2D eigenvalue weighted by Crippen LogP contribution is 2.17. The van der Waals surface area contributed by atoms with E-state index >= 15 is 0 Å². The summed E-state index contributed by atoms with van der Waals surface area (Å²) < 4.78 is 0. The lowest BCUT2D eigenvalue weighted by atomic mass is 9.92. The maximum Gasteiger partial charge on any atom is 0.288 e. The minimum Gasteiger partial charge on any atom is -0.366 e. The number of carbonyl (C=O) groups is 1. The van der Waals surface area contributed by atoms with E-state index in [1.165, 1.54) is 0 Å². The molecule has 0 unspecified atom stereocenters. The number of carbonyl (C=O) groups excluding carboxylic acids is 1. The Labute approximate surface area is 93.0 Å². The molecule has 1 saturated carbocycles. The minimum atomic E-state index is -0.260. The highest BCUT2D eigenvalue weighted by atomic mass is 16.2. The molecule has 1 aromatic heterocycles. The second-order valence-corrected chi connectivity index (χ2v) is 4.13. The molecule has 7 nitrogen and oxygen atoms in total. The van der Waals surface area contributed by atoms with Gasteiger partial charge in [0.2, 0.25) is 11.8 Å². The molecule has 0 aliphatic heterocycles. The van der Waals surface area contributed by atoms with Crippen molar-refractivity contribution in [1.82, 2.24) is 20.5 Å². The van der Waals surface area contributed by atoms with Gasteiger partial charge in [-0.3, -0.25) is 9.89 Å². The van der Waals surface area contributed by atoms with Crippen molar-refractivity contribution in [2.75, 3.05) is 5.73 Å². The van der Waals surface area contributed by atoms with Crippen LogP contribution in [0.5, 0.6) is 0 Å². The first-order valence-electron chi connectivity index (χ1n) is 5.39. The summed E-state index contributed by atoms with van der Waals surface area (Å²) in [5.74, 6) is -0.0205. The number of nitrogens with zero attached hydrogens (tertiary/aromatic N) is 2. The van der Waals surface area contributed by atoms with E-state index in [4.69, 9.17) is 11.5 Å². The zero-order chi connectivity index (χ0) is 11.5. The number of nitrogens with two attached hydrogens (primary N) is 2. The summed E-state index contributed by atoms with van der Waals surface area (Å²) in [6.45, 7) is 0. The molecule has 1 aromatic rings. The first-order chi connectivity index (χ1) is 7.65. The minimum absolute atomic E-state index is 0.0795. The van der Waals surface area contributed by atoms with Gasteiger partial charge in [0.05, 0.1) is 0 Å². The summed E-state index contributed by atoms with van der Waals surface area (Å²) in [6, 6.07) is 0.452. The average Bonchev–Trinajstić information content (AvgIpc) is 2.68. The van der Waals surface area contributed by atoms with Crippen molar-refractivity contribution in [3.63, 3.8) is 0 Å². The van der Waals surface area contributed by atoms with Crippen molar-refractivity contribution in [2.24, 2.45) is 5.73 Å². The van der Waals surface area contributed by atoms with Crippen LogP contribution in [-0.4, -0.2) is 33.2 Å².